The summed E-state index contributed by atoms with van der Waals surface area (Å²) in [5, 5.41) is 0.565. The van der Waals surface area contributed by atoms with E-state index in [2.05, 4.69) is 37.6 Å². The number of aryl methyl sites for hydroxylation is 1. The lowest BCUT2D eigenvalue weighted by molar-refractivity contribution is -0.0752. The second kappa shape index (κ2) is 5.86. The maximum absolute atomic E-state index is 6.27. The van der Waals surface area contributed by atoms with E-state index < -0.39 is 0 Å². The fourth-order valence-corrected chi connectivity index (χ4v) is 2.96. The molecule has 0 spiro atoms. The van der Waals surface area contributed by atoms with Crippen LogP contribution in [0.15, 0.2) is 0 Å². The number of morpholine rings is 1. The largest absolute Gasteiger partial charge is 0.369 e. The van der Waals surface area contributed by atoms with Crippen molar-refractivity contribution in [3.8, 4) is 0 Å². The van der Waals surface area contributed by atoms with Gasteiger partial charge in [-0.2, -0.15) is 0 Å². The van der Waals surface area contributed by atoms with Gasteiger partial charge in [0.05, 0.1) is 11.7 Å². The van der Waals surface area contributed by atoms with E-state index in [0.717, 1.165) is 43.1 Å². The van der Waals surface area contributed by atoms with Crippen LogP contribution in [0.5, 0.6) is 0 Å². The molecule has 1 unspecified atom stereocenters. The van der Waals surface area contributed by atoms with Crippen molar-refractivity contribution in [2.45, 2.75) is 59.2 Å². The van der Waals surface area contributed by atoms with Gasteiger partial charge in [0.15, 0.2) is 0 Å². The van der Waals surface area contributed by atoms with E-state index in [1.165, 1.54) is 0 Å². The molecule has 1 aliphatic heterocycles. The van der Waals surface area contributed by atoms with Gasteiger partial charge in [0.1, 0.15) is 16.8 Å². The van der Waals surface area contributed by atoms with E-state index in [9.17, 15) is 0 Å². The second-order valence-corrected chi connectivity index (χ2v) is 6.56. The number of hydrogen-bond acceptors (Lipinski definition) is 4. The predicted octanol–water partition coefficient (Wildman–Crippen LogP) is 3.39. The second-order valence-electron chi connectivity index (χ2n) is 6.20. The third kappa shape index (κ3) is 3.41. The topological polar surface area (TPSA) is 38.2 Å². The van der Waals surface area contributed by atoms with Crippen molar-refractivity contribution in [2.75, 3.05) is 18.0 Å². The fraction of sp³-hybridized carbons (Fsp3) is 0.733. The highest BCUT2D eigenvalue weighted by Gasteiger charge is 2.33. The molecule has 0 amide bonds. The smallest absolute Gasteiger partial charge is 0.137 e. The maximum atomic E-state index is 6.27. The van der Waals surface area contributed by atoms with Crippen molar-refractivity contribution in [1.82, 2.24) is 9.97 Å². The number of halogens is 1. The zero-order chi connectivity index (χ0) is 14.9. The van der Waals surface area contributed by atoms with Crippen molar-refractivity contribution < 1.29 is 4.74 Å². The molecule has 0 saturated carbocycles. The summed E-state index contributed by atoms with van der Waals surface area (Å²) < 4.78 is 5.96. The first kappa shape index (κ1) is 15.5. The third-order valence-electron chi connectivity index (χ3n) is 3.45. The lowest BCUT2D eigenvalue weighted by Crippen LogP contribution is -2.52. The van der Waals surface area contributed by atoms with Crippen molar-refractivity contribution in [2.24, 2.45) is 0 Å². The SMILES string of the molecule is CCCc1nc(Cl)c(C)c(N2CC(C)OC(C)(C)C2)n1. The van der Waals surface area contributed by atoms with E-state index >= 15 is 0 Å². The van der Waals surface area contributed by atoms with Crippen LogP contribution in [0.2, 0.25) is 5.15 Å². The average molecular weight is 298 g/mol. The van der Waals surface area contributed by atoms with Crippen LogP contribution in [0.3, 0.4) is 0 Å². The molecule has 1 aromatic heterocycles. The average Bonchev–Trinajstić information content (AvgIpc) is 2.31. The van der Waals surface area contributed by atoms with E-state index in [1.807, 2.05) is 6.92 Å². The Bertz CT molecular complexity index is 490. The molecule has 1 saturated heterocycles. The van der Waals surface area contributed by atoms with E-state index in [-0.39, 0.29) is 11.7 Å². The quantitative estimate of drug-likeness (QED) is 0.802. The highest BCUT2D eigenvalue weighted by atomic mass is 35.5. The third-order valence-corrected chi connectivity index (χ3v) is 3.82. The summed E-state index contributed by atoms with van der Waals surface area (Å²) >= 11 is 6.27. The van der Waals surface area contributed by atoms with Crippen LogP contribution in [-0.4, -0.2) is 34.8 Å². The van der Waals surface area contributed by atoms with E-state index in [1.54, 1.807) is 0 Å². The Morgan fingerprint density at radius 3 is 2.70 bits per heavy atom. The lowest BCUT2D eigenvalue weighted by Gasteiger charge is -2.42. The number of nitrogens with zero attached hydrogens (tertiary/aromatic N) is 3. The van der Waals surface area contributed by atoms with E-state index in [4.69, 9.17) is 21.3 Å². The first-order chi connectivity index (χ1) is 9.32. The standard InChI is InChI=1S/C15H24ClN3O/c1-6-7-12-17-13(16)11(3)14(18-12)19-8-10(2)20-15(4,5)9-19/h10H,6-9H2,1-5H3. The van der Waals surface area contributed by atoms with Gasteiger partial charge in [-0.25, -0.2) is 9.97 Å². The van der Waals surface area contributed by atoms with Gasteiger partial charge in [-0.15, -0.1) is 0 Å². The molecule has 1 fully saturated rings. The Balaban J connectivity index is 2.35. The molecule has 2 rings (SSSR count). The van der Waals surface area contributed by atoms with Crippen LogP contribution in [-0.2, 0) is 11.2 Å². The Hall–Kier alpha value is -0.870. The molecule has 112 valence electrons. The van der Waals surface area contributed by atoms with Crippen LogP contribution < -0.4 is 4.90 Å². The minimum Gasteiger partial charge on any atom is -0.369 e. The summed E-state index contributed by atoms with van der Waals surface area (Å²) in [6.07, 6.45) is 2.06. The number of anilines is 1. The molecule has 1 aliphatic rings. The zero-order valence-electron chi connectivity index (χ0n) is 13.0. The summed E-state index contributed by atoms with van der Waals surface area (Å²) in [6.45, 7) is 12.1. The molecule has 4 nitrogen and oxygen atoms in total. The zero-order valence-corrected chi connectivity index (χ0v) is 13.8. The summed E-state index contributed by atoms with van der Waals surface area (Å²) in [7, 11) is 0. The van der Waals surface area contributed by atoms with Crippen LogP contribution in [0.1, 0.15) is 45.5 Å². The number of hydrogen-bond donors (Lipinski definition) is 0. The minimum atomic E-state index is -0.174. The van der Waals surface area contributed by atoms with Gasteiger partial charge < -0.3 is 9.64 Å². The van der Waals surface area contributed by atoms with Crippen LogP contribution in [0.25, 0.3) is 0 Å². The highest BCUT2D eigenvalue weighted by Crippen LogP contribution is 2.29. The first-order valence-corrected chi connectivity index (χ1v) is 7.66. The van der Waals surface area contributed by atoms with Crippen LogP contribution >= 0.6 is 11.6 Å². The Morgan fingerprint density at radius 2 is 2.10 bits per heavy atom. The normalized spacial score (nSPS) is 22.1. The molecular formula is C15H24ClN3O. The van der Waals surface area contributed by atoms with Gasteiger partial charge in [0, 0.05) is 25.1 Å². The molecule has 2 heterocycles. The van der Waals surface area contributed by atoms with Gasteiger partial charge in [-0.3, -0.25) is 0 Å². The van der Waals surface area contributed by atoms with Crippen LogP contribution in [0.4, 0.5) is 5.82 Å². The molecule has 0 radical (unpaired) electrons. The number of aromatic nitrogens is 2. The molecule has 0 aliphatic carbocycles. The van der Waals surface area contributed by atoms with Gasteiger partial charge in [-0.05, 0) is 34.1 Å². The monoisotopic (exact) mass is 297 g/mol. The number of ether oxygens (including phenoxy) is 1. The predicted molar refractivity (Wildman–Crippen MR) is 82.6 cm³/mol. The molecule has 5 heteroatoms. The van der Waals surface area contributed by atoms with Gasteiger partial charge in [-0.1, -0.05) is 18.5 Å². The van der Waals surface area contributed by atoms with E-state index in [0.29, 0.717) is 5.15 Å². The molecule has 20 heavy (non-hydrogen) atoms. The molecule has 0 N–H and O–H groups in total. The number of rotatable bonds is 3. The van der Waals surface area contributed by atoms with Crippen molar-refractivity contribution >= 4 is 17.4 Å². The molecule has 0 aromatic carbocycles. The van der Waals surface area contributed by atoms with Crippen LogP contribution in [0, 0.1) is 6.92 Å². The summed E-state index contributed by atoms with van der Waals surface area (Å²) in [4.78, 5) is 11.4. The summed E-state index contributed by atoms with van der Waals surface area (Å²) in [6, 6.07) is 0. The Labute approximate surface area is 126 Å². The minimum absolute atomic E-state index is 0.174. The fourth-order valence-electron chi connectivity index (χ4n) is 2.78. The van der Waals surface area contributed by atoms with Gasteiger partial charge in [0.2, 0.25) is 0 Å². The van der Waals surface area contributed by atoms with Crippen molar-refractivity contribution in [3.63, 3.8) is 0 Å². The maximum Gasteiger partial charge on any atom is 0.137 e. The highest BCUT2D eigenvalue weighted by molar-refractivity contribution is 6.30. The molecule has 1 atom stereocenters. The summed E-state index contributed by atoms with van der Waals surface area (Å²) in [5.74, 6) is 1.78. The first-order valence-electron chi connectivity index (χ1n) is 7.28. The summed E-state index contributed by atoms with van der Waals surface area (Å²) in [5.41, 5.74) is 0.781. The molecule has 1 aromatic rings. The Morgan fingerprint density at radius 1 is 1.40 bits per heavy atom. The van der Waals surface area contributed by atoms with Crippen molar-refractivity contribution in [1.29, 1.82) is 0 Å². The van der Waals surface area contributed by atoms with Gasteiger partial charge >= 0.3 is 0 Å². The van der Waals surface area contributed by atoms with Gasteiger partial charge in [0.25, 0.3) is 0 Å². The van der Waals surface area contributed by atoms with Crippen molar-refractivity contribution in [3.05, 3.63) is 16.5 Å². The molecule has 0 bridgehead atoms. The lowest BCUT2D eigenvalue weighted by atomic mass is 10.1. The molecular weight excluding hydrogens is 274 g/mol. The Kier molecular flexibility index (Phi) is 4.55.